The number of rotatable bonds is 2. The lowest BCUT2D eigenvalue weighted by Gasteiger charge is -2.32. The number of benzene rings is 2. The summed E-state index contributed by atoms with van der Waals surface area (Å²) in [5.74, 6) is 1.34. The summed E-state index contributed by atoms with van der Waals surface area (Å²) in [5, 5.41) is 5.02. The van der Waals surface area contributed by atoms with Crippen LogP contribution in [0, 0.1) is 0 Å². The molecule has 2 amide bonds. The SMILES string of the molecule is CN1CCc2c(sc3c2CN(C(=O)Nc2ccc4c(c2)OCCO4)C(c2ccc(Cl)cc2)c2cccn2-3)C1. The van der Waals surface area contributed by atoms with E-state index in [2.05, 4.69) is 40.2 Å². The van der Waals surface area contributed by atoms with Crippen LogP contribution in [-0.4, -0.2) is 47.2 Å². The molecule has 3 aliphatic rings. The number of amides is 2. The Morgan fingerprint density at radius 2 is 1.84 bits per heavy atom. The van der Waals surface area contributed by atoms with Crippen LogP contribution in [-0.2, 0) is 19.5 Å². The molecule has 0 radical (unpaired) electrons. The summed E-state index contributed by atoms with van der Waals surface area (Å²) in [5.41, 5.74) is 5.36. The van der Waals surface area contributed by atoms with Crippen molar-refractivity contribution in [3.63, 3.8) is 0 Å². The van der Waals surface area contributed by atoms with E-state index in [-0.39, 0.29) is 12.1 Å². The molecular formula is C29H27ClN4O3S. The summed E-state index contributed by atoms with van der Waals surface area (Å²) in [6.07, 6.45) is 3.10. The third kappa shape index (κ3) is 4.04. The first kappa shape index (κ1) is 23.6. The largest absolute Gasteiger partial charge is 0.486 e. The number of thiophene rings is 1. The fraction of sp³-hybridized carbons (Fsp3) is 0.276. The zero-order valence-corrected chi connectivity index (χ0v) is 22.5. The average molecular weight is 547 g/mol. The molecule has 1 N–H and O–H groups in total. The van der Waals surface area contributed by atoms with E-state index in [1.54, 1.807) is 0 Å². The highest BCUT2D eigenvalue weighted by Crippen LogP contribution is 2.44. The van der Waals surface area contributed by atoms with Gasteiger partial charge in [-0.3, -0.25) is 0 Å². The predicted octanol–water partition coefficient (Wildman–Crippen LogP) is 6.09. The first-order valence-electron chi connectivity index (χ1n) is 12.8. The van der Waals surface area contributed by atoms with Crippen molar-refractivity contribution < 1.29 is 14.3 Å². The van der Waals surface area contributed by atoms with Gasteiger partial charge in [-0.15, -0.1) is 11.3 Å². The Hall–Kier alpha value is -3.46. The van der Waals surface area contributed by atoms with E-state index in [1.807, 2.05) is 58.7 Å². The molecule has 1 atom stereocenters. The lowest BCUT2D eigenvalue weighted by molar-refractivity contribution is 0.171. The van der Waals surface area contributed by atoms with Gasteiger partial charge in [-0.25, -0.2) is 4.79 Å². The van der Waals surface area contributed by atoms with Crippen LogP contribution >= 0.6 is 22.9 Å². The highest BCUT2D eigenvalue weighted by atomic mass is 35.5. The molecule has 0 aliphatic carbocycles. The van der Waals surface area contributed by atoms with Crippen molar-refractivity contribution in [3.8, 4) is 16.5 Å². The van der Waals surface area contributed by atoms with Gasteiger partial charge in [-0.2, -0.15) is 0 Å². The number of carbonyl (C=O) groups is 1. The van der Waals surface area contributed by atoms with Crippen LogP contribution < -0.4 is 14.8 Å². The van der Waals surface area contributed by atoms with Crippen LogP contribution in [0.5, 0.6) is 11.5 Å². The molecular weight excluding hydrogens is 520 g/mol. The quantitative estimate of drug-likeness (QED) is 0.330. The molecule has 2 aromatic carbocycles. The lowest BCUT2D eigenvalue weighted by atomic mass is 10.0. The number of nitrogens with one attached hydrogen (secondary N) is 1. The van der Waals surface area contributed by atoms with Gasteiger partial charge >= 0.3 is 6.03 Å². The molecule has 1 unspecified atom stereocenters. The third-order valence-corrected chi connectivity index (χ3v) is 9.01. The second kappa shape index (κ2) is 9.38. The van der Waals surface area contributed by atoms with Gasteiger partial charge in [0.1, 0.15) is 18.2 Å². The topological polar surface area (TPSA) is 59.0 Å². The van der Waals surface area contributed by atoms with Crippen LogP contribution in [0.2, 0.25) is 5.02 Å². The Bertz CT molecular complexity index is 1530. The van der Waals surface area contributed by atoms with Crippen LogP contribution in [0.25, 0.3) is 5.00 Å². The average Bonchev–Trinajstić information content (AvgIpc) is 3.50. The molecule has 194 valence electrons. The zero-order chi connectivity index (χ0) is 25.8. The minimum absolute atomic E-state index is 0.171. The highest BCUT2D eigenvalue weighted by Gasteiger charge is 2.36. The number of hydrogen-bond donors (Lipinski definition) is 1. The van der Waals surface area contributed by atoms with Gasteiger partial charge in [-0.05, 0) is 61.0 Å². The Balaban J connectivity index is 1.32. The number of likely N-dealkylation sites (N-methyl/N-ethyl adjacent to an activating group) is 1. The summed E-state index contributed by atoms with van der Waals surface area (Å²) < 4.78 is 13.7. The van der Waals surface area contributed by atoms with E-state index >= 15 is 0 Å². The van der Waals surface area contributed by atoms with Gasteiger partial charge in [0.2, 0.25) is 0 Å². The van der Waals surface area contributed by atoms with Gasteiger partial charge < -0.3 is 29.2 Å². The molecule has 9 heteroatoms. The van der Waals surface area contributed by atoms with E-state index in [4.69, 9.17) is 21.1 Å². The number of anilines is 1. The third-order valence-electron chi connectivity index (χ3n) is 7.50. The number of ether oxygens (including phenoxy) is 2. The van der Waals surface area contributed by atoms with Crippen molar-refractivity contribution >= 4 is 34.7 Å². The van der Waals surface area contributed by atoms with E-state index in [1.165, 1.54) is 21.0 Å². The van der Waals surface area contributed by atoms with Gasteiger partial charge in [-0.1, -0.05) is 23.7 Å². The van der Waals surface area contributed by atoms with E-state index in [0.29, 0.717) is 42.0 Å². The number of halogens is 1. The van der Waals surface area contributed by atoms with Crippen molar-refractivity contribution in [2.75, 3.05) is 32.1 Å². The van der Waals surface area contributed by atoms with E-state index in [0.717, 1.165) is 30.8 Å². The molecule has 0 bridgehead atoms. The number of fused-ring (bicyclic) bond motifs is 6. The highest BCUT2D eigenvalue weighted by molar-refractivity contribution is 7.15. The maximum absolute atomic E-state index is 14.1. The van der Waals surface area contributed by atoms with Crippen LogP contribution in [0.4, 0.5) is 10.5 Å². The molecule has 7 nitrogen and oxygen atoms in total. The predicted molar refractivity (Wildman–Crippen MR) is 149 cm³/mol. The number of carbonyl (C=O) groups excluding carboxylic acids is 1. The van der Waals surface area contributed by atoms with Gasteiger partial charge in [0, 0.05) is 46.5 Å². The maximum Gasteiger partial charge on any atom is 0.322 e. The molecule has 0 saturated heterocycles. The molecule has 4 aromatic rings. The minimum Gasteiger partial charge on any atom is -0.486 e. The molecule has 7 rings (SSSR count). The smallest absolute Gasteiger partial charge is 0.322 e. The molecule has 0 spiro atoms. The van der Waals surface area contributed by atoms with Crippen molar-refractivity contribution in [2.24, 2.45) is 0 Å². The molecule has 5 heterocycles. The Morgan fingerprint density at radius 3 is 2.68 bits per heavy atom. The van der Waals surface area contributed by atoms with Crippen molar-refractivity contribution in [1.29, 1.82) is 0 Å². The Morgan fingerprint density at radius 1 is 1.03 bits per heavy atom. The monoisotopic (exact) mass is 546 g/mol. The molecule has 38 heavy (non-hydrogen) atoms. The van der Waals surface area contributed by atoms with Crippen molar-refractivity contribution in [2.45, 2.75) is 25.6 Å². The summed E-state index contributed by atoms with van der Waals surface area (Å²) in [7, 11) is 2.17. The number of hydrogen-bond acceptors (Lipinski definition) is 5. The summed E-state index contributed by atoms with van der Waals surface area (Å²) in [6, 6.07) is 17.1. The van der Waals surface area contributed by atoms with Gasteiger partial charge in [0.05, 0.1) is 18.3 Å². The Labute approximate surface area is 230 Å². The standard InChI is InChI=1S/C29H27ClN4O3S/c1-32-12-10-21-22-16-34(29(35)31-20-8-9-24-25(15-20)37-14-13-36-24)27(18-4-6-19(30)7-5-18)23-3-2-11-33(23)28(22)38-26(21)17-32/h2-9,11,15,27H,10,12-14,16-17H2,1H3,(H,31,35). The van der Waals surface area contributed by atoms with Crippen molar-refractivity contribution in [3.05, 3.63) is 93.1 Å². The molecule has 2 aromatic heterocycles. The zero-order valence-electron chi connectivity index (χ0n) is 20.9. The summed E-state index contributed by atoms with van der Waals surface area (Å²) >= 11 is 8.10. The second-order valence-corrected chi connectivity index (χ2v) is 11.5. The number of urea groups is 1. The van der Waals surface area contributed by atoms with Crippen LogP contribution in [0.1, 0.15) is 33.3 Å². The summed E-state index contributed by atoms with van der Waals surface area (Å²) in [6.45, 7) is 3.48. The normalized spacial score (nSPS) is 18.3. The lowest BCUT2D eigenvalue weighted by Crippen LogP contribution is -2.38. The fourth-order valence-electron chi connectivity index (χ4n) is 5.66. The summed E-state index contributed by atoms with van der Waals surface area (Å²) in [4.78, 5) is 19.8. The number of nitrogens with zero attached hydrogens (tertiary/aromatic N) is 3. The second-order valence-electron chi connectivity index (χ2n) is 9.95. The fourth-order valence-corrected chi connectivity index (χ4v) is 7.23. The molecule has 3 aliphatic heterocycles. The first-order chi connectivity index (χ1) is 18.5. The van der Waals surface area contributed by atoms with Crippen LogP contribution in [0.15, 0.2) is 60.8 Å². The van der Waals surface area contributed by atoms with Crippen molar-refractivity contribution in [1.82, 2.24) is 14.4 Å². The first-order valence-corrected chi connectivity index (χ1v) is 14.0. The number of aromatic nitrogens is 1. The van der Waals surface area contributed by atoms with E-state index < -0.39 is 0 Å². The Kier molecular flexibility index (Phi) is 5.83. The van der Waals surface area contributed by atoms with E-state index in [9.17, 15) is 4.79 Å². The molecule has 0 fully saturated rings. The van der Waals surface area contributed by atoms with Gasteiger partial charge in [0.25, 0.3) is 0 Å². The maximum atomic E-state index is 14.1. The van der Waals surface area contributed by atoms with Gasteiger partial charge in [0.15, 0.2) is 11.5 Å². The molecule has 0 saturated carbocycles. The minimum atomic E-state index is -0.291. The van der Waals surface area contributed by atoms with Crippen LogP contribution in [0.3, 0.4) is 0 Å².